The second-order valence-electron chi connectivity index (χ2n) is 8.69. The van der Waals surface area contributed by atoms with Crippen molar-refractivity contribution in [2.75, 3.05) is 4.90 Å². The monoisotopic (exact) mass is 381 g/mol. The molecule has 5 heteroatoms. The lowest BCUT2D eigenvalue weighted by molar-refractivity contribution is 0.00537. The molecule has 3 unspecified atom stereocenters. The molecule has 1 aromatic heterocycles. The standard InChI is InChI=1S/C24H19N3O2/c28-24-21-14(11-25-24)19-12-5-1-3-7-15(12)26-17-9-10-18(29-17)27-16-8-4-2-6-13(16)20(21)23(27)22(19)26/h1-4,6-8,16-18H,5,9-11H2,(H,25,28). The number of hydrogen-bond donors (Lipinski definition) is 1. The van der Waals surface area contributed by atoms with Gasteiger partial charge in [0.15, 0.2) is 0 Å². The Morgan fingerprint density at radius 1 is 1.10 bits per heavy atom. The summed E-state index contributed by atoms with van der Waals surface area (Å²) < 4.78 is 9.08. The maximum atomic E-state index is 13.0. The van der Waals surface area contributed by atoms with Gasteiger partial charge < -0.3 is 19.5 Å². The predicted octanol–water partition coefficient (Wildman–Crippen LogP) is 1.89. The second kappa shape index (κ2) is 4.74. The van der Waals surface area contributed by atoms with Crippen molar-refractivity contribution in [3.63, 3.8) is 0 Å². The molecule has 29 heavy (non-hydrogen) atoms. The third kappa shape index (κ3) is 1.52. The number of benzene rings is 1. The van der Waals surface area contributed by atoms with Gasteiger partial charge >= 0.3 is 0 Å². The minimum atomic E-state index is 0.0535. The van der Waals surface area contributed by atoms with Crippen molar-refractivity contribution in [3.8, 4) is 0 Å². The number of nitrogens with one attached hydrogen (secondary N) is 1. The van der Waals surface area contributed by atoms with E-state index in [4.69, 9.17) is 4.74 Å². The summed E-state index contributed by atoms with van der Waals surface area (Å²) in [5, 5.41) is 6.80. The molecule has 3 atom stereocenters. The Morgan fingerprint density at radius 2 is 2.03 bits per heavy atom. The van der Waals surface area contributed by atoms with E-state index in [1.807, 2.05) is 0 Å². The first-order chi connectivity index (χ1) is 14.3. The number of carbonyl (C=O) groups is 1. The molecule has 6 aliphatic rings. The average molecular weight is 381 g/mol. The lowest BCUT2D eigenvalue weighted by Gasteiger charge is -2.32. The van der Waals surface area contributed by atoms with Crippen LogP contribution in [0.5, 0.6) is 0 Å². The van der Waals surface area contributed by atoms with E-state index in [1.54, 1.807) is 0 Å². The SMILES string of the molecule is O=C1NCc2c1c1c3c4c2c2c(n4C4CCC(O4)N3C3C=CC=CC=13)=CC=CC2. The zero-order chi connectivity index (χ0) is 18.9. The largest absolute Gasteiger partial charge is 0.348 e. The van der Waals surface area contributed by atoms with E-state index in [9.17, 15) is 4.79 Å². The van der Waals surface area contributed by atoms with E-state index >= 15 is 0 Å². The summed E-state index contributed by atoms with van der Waals surface area (Å²) in [5.74, 6) is 0.0661. The number of aromatic nitrogens is 1. The summed E-state index contributed by atoms with van der Waals surface area (Å²) in [6, 6.07) is 0.141. The zero-order valence-corrected chi connectivity index (χ0v) is 15.8. The third-order valence-electron chi connectivity index (χ3n) is 7.45. The lowest BCUT2D eigenvalue weighted by atomic mass is 9.94. The number of hydrogen-bond acceptors (Lipinski definition) is 3. The molecule has 2 bridgehead atoms. The first-order valence-electron chi connectivity index (χ1n) is 10.5. The molecule has 2 aromatic rings. The van der Waals surface area contributed by atoms with Crippen LogP contribution in [0.4, 0.5) is 5.69 Å². The molecule has 2 aliphatic carbocycles. The van der Waals surface area contributed by atoms with Gasteiger partial charge in [-0.15, -0.1) is 0 Å². The third-order valence-corrected chi connectivity index (χ3v) is 7.45. The Bertz CT molecular complexity index is 1400. The predicted molar refractivity (Wildman–Crippen MR) is 111 cm³/mol. The fourth-order valence-corrected chi connectivity index (χ4v) is 6.44. The van der Waals surface area contributed by atoms with Crippen LogP contribution in [0.25, 0.3) is 22.6 Å². The van der Waals surface area contributed by atoms with Crippen molar-refractivity contribution >= 4 is 34.1 Å². The maximum absolute atomic E-state index is 13.0. The lowest BCUT2D eigenvalue weighted by Crippen LogP contribution is -2.40. The Balaban J connectivity index is 1.69. The molecule has 1 fully saturated rings. The number of anilines is 1. The van der Waals surface area contributed by atoms with Crippen molar-refractivity contribution in [2.45, 2.75) is 44.3 Å². The number of nitrogens with zero attached hydrogens (tertiary/aromatic N) is 2. The van der Waals surface area contributed by atoms with E-state index in [-0.39, 0.29) is 24.4 Å². The molecule has 0 spiro atoms. The van der Waals surface area contributed by atoms with Gasteiger partial charge in [-0.3, -0.25) is 4.79 Å². The van der Waals surface area contributed by atoms with Crippen molar-refractivity contribution in [1.29, 1.82) is 0 Å². The highest BCUT2D eigenvalue weighted by molar-refractivity contribution is 6.12. The van der Waals surface area contributed by atoms with E-state index < -0.39 is 0 Å². The molecule has 8 rings (SSSR count). The van der Waals surface area contributed by atoms with Gasteiger partial charge in [0.25, 0.3) is 5.91 Å². The summed E-state index contributed by atoms with van der Waals surface area (Å²) in [6.45, 7) is 0.616. The number of allylic oxidation sites excluding steroid dienone is 4. The highest BCUT2D eigenvalue weighted by Crippen LogP contribution is 2.47. The summed E-state index contributed by atoms with van der Waals surface area (Å²) in [6.07, 6.45) is 18.3. The normalized spacial score (nSPS) is 29.1. The first-order valence-corrected chi connectivity index (χ1v) is 10.5. The zero-order valence-electron chi connectivity index (χ0n) is 15.8. The molecule has 0 saturated carbocycles. The summed E-state index contributed by atoms with van der Waals surface area (Å²) >= 11 is 0. The van der Waals surface area contributed by atoms with Crippen LogP contribution in [-0.4, -0.2) is 22.7 Å². The van der Waals surface area contributed by atoms with E-state index in [0.29, 0.717) is 6.54 Å². The van der Waals surface area contributed by atoms with Gasteiger partial charge in [0, 0.05) is 22.5 Å². The second-order valence-corrected chi connectivity index (χ2v) is 8.69. The van der Waals surface area contributed by atoms with Crippen molar-refractivity contribution in [1.82, 2.24) is 9.88 Å². The Morgan fingerprint density at radius 3 is 3.00 bits per heavy atom. The van der Waals surface area contributed by atoms with Crippen LogP contribution in [-0.2, 0) is 17.7 Å². The van der Waals surface area contributed by atoms with Crippen molar-refractivity contribution < 1.29 is 9.53 Å². The molecule has 142 valence electrons. The average Bonchev–Trinajstić information content (AvgIpc) is 3.47. The first kappa shape index (κ1) is 14.9. The quantitative estimate of drug-likeness (QED) is 0.758. The minimum Gasteiger partial charge on any atom is -0.348 e. The topological polar surface area (TPSA) is 46.5 Å². The molecule has 4 aliphatic heterocycles. The van der Waals surface area contributed by atoms with Crippen LogP contribution in [0.1, 0.15) is 40.6 Å². The molecule has 1 saturated heterocycles. The number of amides is 1. The van der Waals surface area contributed by atoms with Gasteiger partial charge in [0.05, 0.1) is 22.8 Å². The van der Waals surface area contributed by atoms with E-state index in [2.05, 4.69) is 57.3 Å². The van der Waals surface area contributed by atoms with Gasteiger partial charge in [-0.1, -0.05) is 36.5 Å². The Hall–Kier alpha value is -3.05. The van der Waals surface area contributed by atoms with Gasteiger partial charge in [-0.05, 0) is 42.0 Å². The molecule has 0 radical (unpaired) electrons. The maximum Gasteiger partial charge on any atom is 0.252 e. The number of ether oxygens (including phenoxy) is 1. The molecule has 1 N–H and O–H groups in total. The fourth-order valence-electron chi connectivity index (χ4n) is 6.44. The van der Waals surface area contributed by atoms with Crippen LogP contribution < -0.4 is 20.8 Å². The summed E-state index contributed by atoms with van der Waals surface area (Å²) in [4.78, 5) is 15.5. The summed E-state index contributed by atoms with van der Waals surface area (Å²) in [7, 11) is 0. The van der Waals surface area contributed by atoms with Gasteiger partial charge in [0.1, 0.15) is 12.5 Å². The molecular formula is C24H19N3O2. The van der Waals surface area contributed by atoms with Crippen LogP contribution in [0.15, 0.2) is 36.5 Å². The number of fused-ring (bicyclic) bond motifs is 12. The molecule has 5 heterocycles. The van der Waals surface area contributed by atoms with Crippen molar-refractivity contribution in [3.05, 3.63) is 63.7 Å². The number of carbonyl (C=O) groups excluding carboxylic acids is 1. The van der Waals surface area contributed by atoms with Gasteiger partial charge in [-0.25, -0.2) is 0 Å². The highest BCUT2D eigenvalue weighted by atomic mass is 16.5. The van der Waals surface area contributed by atoms with E-state index in [1.165, 1.54) is 38.6 Å². The summed E-state index contributed by atoms with van der Waals surface area (Å²) in [5.41, 5.74) is 7.13. The minimum absolute atomic E-state index is 0.0535. The van der Waals surface area contributed by atoms with Gasteiger partial charge in [0.2, 0.25) is 0 Å². The molecule has 5 nitrogen and oxygen atoms in total. The number of rotatable bonds is 0. The van der Waals surface area contributed by atoms with Crippen LogP contribution in [0, 0.1) is 0 Å². The van der Waals surface area contributed by atoms with E-state index in [0.717, 1.165) is 30.0 Å². The molecule has 1 aromatic carbocycles. The molecular weight excluding hydrogens is 362 g/mol. The fraction of sp³-hybridized carbons (Fsp3) is 0.292. The Kier molecular flexibility index (Phi) is 2.43. The highest BCUT2D eigenvalue weighted by Gasteiger charge is 2.47. The van der Waals surface area contributed by atoms with Crippen LogP contribution >= 0.6 is 0 Å². The van der Waals surface area contributed by atoms with Crippen LogP contribution in [0.3, 0.4) is 0 Å². The smallest absolute Gasteiger partial charge is 0.252 e. The van der Waals surface area contributed by atoms with Crippen molar-refractivity contribution in [2.24, 2.45) is 0 Å². The molecule has 1 amide bonds. The van der Waals surface area contributed by atoms with Gasteiger partial charge in [-0.2, -0.15) is 0 Å². The van der Waals surface area contributed by atoms with Crippen LogP contribution in [0.2, 0.25) is 0 Å². The Labute approximate surface area is 166 Å².